The molecule has 1 fully saturated rings. The molecule has 122 valence electrons. The molecule has 3 nitrogen and oxygen atoms in total. The van der Waals surface area contributed by atoms with Crippen LogP contribution in [0.1, 0.15) is 24.0 Å². The van der Waals surface area contributed by atoms with E-state index in [0.717, 1.165) is 29.2 Å². The van der Waals surface area contributed by atoms with Crippen LogP contribution in [0.4, 0.5) is 0 Å². The molecule has 1 saturated carbocycles. The average molecular weight is 352 g/mol. The summed E-state index contributed by atoms with van der Waals surface area (Å²) in [6, 6.07) is 12.0. The molecule has 2 aromatic rings. The van der Waals surface area contributed by atoms with Crippen LogP contribution in [0.25, 0.3) is 0 Å². The highest BCUT2D eigenvalue weighted by molar-refractivity contribution is 6.35. The van der Waals surface area contributed by atoms with Gasteiger partial charge < -0.3 is 14.8 Å². The van der Waals surface area contributed by atoms with Crippen molar-refractivity contribution >= 4 is 23.2 Å². The largest absolute Gasteiger partial charge is 0.493 e. The molecule has 0 heterocycles. The Kier molecular flexibility index (Phi) is 5.31. The molecule has 1 N–H and O–H groups in total. The molecule has 0 amide bonds. The standard InChI is InChI=1S/C18H19Cl2NO2/c1-22-17-4-2-3-12(10-21-15-7-8-15)18(17)23-11-13-5-6-14(19)9-16(13)20/h2-6,9,15,21H,7-8,10-11H2,1H3. The molecule has 1 aliphatic rings. The van der Waals surface area contributed by atoms with E-state index in [1.165, 1.54) is 12.8 Å². The molecule has 0 atom stereocenters. The first-order chi connectivity index (χ1) is 11.2. The lowest BCUT2D eigenvalue weighted by atomic mass is 10.1. The van der Waals surface area contributed by atoms with E-state index < -0.39 is 0 Å². The Balaban J connectivity index is 1.76. The first-order valence-corrected chi connectivity index (χ1v) is 8.39. The van der Waals surface area contributed by atoms with Gasteiger partial charge in [-0.15, -0.1) is 0 Å². The Labute approximate surface area is 146 Å². The maximum absolute atomic E-state index is 6.21. The molecule has 3 rings (SSSR count). The molecule has 0 aromatic heterocycles. The van der Waals surface area contributed by atoms with Crippen LogP contribution >= 0.6 is 23.2 Å². The summed E-state index contributed by atoms with van der Waals surface area (Å²) >= 11 is 12.1. The van der Waals surface area contributed by atoms with Gasteiger partial charge in [0, 0.05) is 33.8 Å². The van der Waals surface area contributed by atoms with Gasteiger partial charge in [-0.1, -0.05) is 41.4 Å². The first kappa shape index (κ1) is 16.4. The van der Waals surface area contributed by atoms with Crippen LogP contribution in [0.15, 0.2) is 36.4 Å². The van der Waals surface area contributed by atoms with Crippen LogP contribution in [-0.2, 0) is 13.2 Å². The third-order valence-electron chi connectivity index (χ3n) is 3.83. The normalized spacial score (nSPS) is 13.9. The summed E-state index contributed by atoms with van der Waals surface area (Å²) in [5, 5.41) is 4.72. The van der Waals surface area contributed by atoms with Crippen LogP contribution in [0.2, 0.25) is 10.0 Å². The van der Waals surface area contributed by atoms with Crippen molar-refractivity contribution < 1.29 is 9.47 Å². The Morgan fingerprint density at radius 1 is 1.13 bits per heavy atom. The Hall–Kier alpha value is -1.42. The van der Waals surface area contributed by atoms with Gasteiger partial charge in [0.2, 0.25) is 0 Å². The van der Waals surface area contributed by atoms with Gasteiger partial charge >= 0.3 is 0 Å². The van der Waals surface area contributed by atoms with Gasteiger partial charge in [0.15, 0.2) is 11.5 Å². The average Bonchev–Trinajstić information content (AvgIpc) is 3.36. The second-order valence-corrected chi connectivity index (χ2v) is 6.47. The number of hydrogen-bond donors (Lipinski definition) is 1. The van der Waals surface area contributed by atoms with Crippen LogP contribution < -0.4 is 14.8 Å². The van der Waals surface area contributed by atoms with Crippen molar-refractivity contribution in [2.24, 2.45) is 0 Å². The summed E-state index contributed by atoms with van der Waals surface area (Å²) in [4.78, 5) is 0. The fourth-order valence-electron chi connectivity index (χ4n) is 2.36. The van der Waals surface area contributed by atoms with Gasteiger partial charge in [-0.2, -0.15) is 0 Å². The monoisotopic (exact) mass is 351 g/mol. The number of ether oxygens (including phenoxy) is 2. The van der Waals surface area contributed by atoms with Crippen molar-refractivity contribution in [3.05, 3.63) is 57.6 Å². The van der Waals surface area contributed by atoms with Crippen molar-refractivity contribution in [2.45, 2.75) is 32.0 Å². The second-order valence-electron chi connectivity index (χ2n) is 5.63. The Bertz CT molecular complexity index is 687. The zero-order valence-electron chi connectivity index (χ0n) is 12.9. The smallest absolute Gasteiger partial charge is 0.166 e. The van der Waals surface area contributed by atoms with Gasteiger partial charge in [-0.3, -0.25) is 0 Å². The van der Waals surface area contributed by atoms with Gasteiger partial charge in [-0.05, 0) is 31.0 Å². The van der Waals surface area contributed by atoms with Crippen molar-refractivity contribution in [2.75, 3.05) is 7.11 Å². The van der Waals surface area contributed by atoms with E-state index in [1.54, 1.807) is 13.2 Å². The molecule has 0 spiro atoms. The molecular formula is C18H19Cl2NO2. The topological polar surface area (TPSA) is 30.5 Å². The molecule has 0 aliphatic heterocycles. The lowest BCUT2D eigenvalue weighted by Crippen LogP contribution is -2.16. The van der Waals surface area contributed by atoms with Crippen molar-refractivity contribution in [3.8, 4) is 11.5 Å². The molecular weight excluding hydrogens is 333 g/mol. The van der Waals surface area contributed by atoms with Crippen molar-refractivity contribution in [3.63, 3.8) is 0 Å². The van der Waals surface area contributed by atoms with Gasteiger partial charge in [0.25, 0.3) is 0 Å². The third-order valence-corrected chi connectivity index (χ3v) is 4.41. The van der Waals surface area contributed by atoms with Crippen LogP contribution in [-0.4, -0.2) is 13.2 Å². The molecule has 0 radical (unpaired) electrons. The number of hydrogen-bond acceptors (Lipinski definition) is 3. The molecule has 0 unspecified atom stereocenters. The Morgan fingerprint density at radius 3 is 2.65 bits per heavy atom. The van der Waals surface area contributed by atoms with E-state index in [4.69, 9.17) is 32.7 Å². The summed E-state index contributed by atoms with van der Waals surface area (Å²) in [7, 11) is 1.65. The van der Waals surface area contributed by atoms with E-state index in [-0.39, 0.29) is 0 Å². The van der Waals surface area contributed by atoms with Crippen LogP contribution in [0, 0.1) is 0 Å². The zero-order valence-corrected chi connectivity index (χ0v) is 14.5. The van der Waals surface area contributed by atoms with Gasteiger partial charge in [0.1, 0.15) is 6.61 Å². The minimum Gasteiger partial charge on any atom is -0.493 e. The van der Waals surface area contributed by atoms with Gasteiger partial charge in [-0.25, -0.2) is 0 Å². The number of halogens is 2. The quantitative estimate of drug-likeness (QED) is 0.774. The van der Waals surface area contributed by atoms with Crippen LogP contribution in [0.3, 0.4) is 0 Å². The Morgan fingerprint density at radius 2 is 1.96 bits per heavy atom. The summed E-state index contributed by atoms with van der Waals surface area (Å²) in [5.74, 6) is 1.49. The lowest BCUT2D eigenvalue weighted by Gasteiger charge is -2.16. The molecule has 5 heteroatoms. The summed E-state index contributed by atoms with van der Waals surface area (Å²) in [6.45, 7) is 1.14. The lowest BCUT2D eigenvalue weighted by molar-refractivity contribution is 0.280. The predicted octanol–water partition coefficient (Wildman–Crippen LogP) is 4.83. The SMILES string of the molecule is COc1cccc(CNC2CC2)c1OCc1ccc(Cl)cc1Cl. The number of methoxy groups -OCH3 is 1. The van der Waals surface area contributed by atoms with E-state index in [1.807, 2.05) is 24.3 Å². The number of rotatable bonds is 7. The highest BCUT2D eigenvalue weighted by Gasteiger charge is 2.21. The predicted molar refractivity (Wildman–Crippen MR) is 93.6 cm³/mol. The van der Waals surface area contributed by atoms with Crippen molar-refractivity contribution in [1.82, 2.24) is 5.32 Å². The third kappa shape index (κ3) is 4.31. The molecule has 0 saturated heterocycles. The van der Waals surface area contributed by atoms with E-state index in [2.05, 4.69) is 11.4 Å². The second kappa shape index (κ2) is 7.43. The summed E-state index contributed by atoms with van der Waals surface area (Å²) in [5.41, 5.74) is 1.98. The number of nitrogens with one attached hydrogen (secondary N) is 1. The van der Waals surface area contributed by atoms with E-state index in [0.29, 0.717) is 22.7 Å². The van der Waals surface area contributed by atoms with Crippen LogP contribution in [0.5, 0.6) is 11.5 Å². The molecule has 0 bridgehead atoms. The van der Waals surface area contributed by atoms with E-state index in [9.17, 15) is 0 Å². The summed E-state index contributed by atoms with van der Waals surface area (Å²) < 4.78 is 11.5. The van der Waals surface area contributed by atoms with E-state index >= 15 is 0 Å². The maximum Gasteiger partial charge on any atom is 0.166 e. The maximum atomic E-state index is 6.21. The summed E-state index contributed by atoms with van der Waals surface area (Å²) in [6.07, 6.45) is 2.50. The fourth-order valence-corrected chi connectivity index (χ4v) is 2.82. The number of para-hydroxylation sites is 1. The first-order valence-electron chi connectivity index (χ1n) is 7.63. The highest BCUT2D eigenvalue weighted by atomic mass is 35.5. The fraction of sp³-hybridized carbons (Fsp3) is 0.333. The van der Waals surface area contributed by atoms with Crippen molar-refractivity contribution in [1.29, 1.82) is 0 Å². The van der Waals surface area contributed by atoms with Gasteiger partial charge in [0.05, 0.1) is 7.11 Å². The number of benzene rings is 2. The minimum absolute atomic E-state index is 0.368. The molecule has 2 aromatic carbocycles. The highest BCUT2D eigenvalue weighted by Crippen LogP contribution is 2.33. The molecule has 23 heavy (non-hydrogen) atoms. The minimum atomic E-state index is 0.368. The zero-order chi connectivity index (χ0) is 16.2. The molecule has 1 aliphatic carbocycles.